The fourth-order valence-corrected chi connectivity index (χ4v) is 2.12. The molecule has 0 aliphatic rings. The van der Waals surface area contributed by atoms with E-state index < -0.39 is 16.6 Å². The smallest absolute Gasteiger partial charge is 0.279 e. The maximum Gasteiger partial charge on any atom is 0.279 e. The summed E-state index contributed by atoms with van der Waals surface area (Å²) in [5, 5.41) is 14.9. The van der Waals surface area contributed by atoms with Gasteiger partial charge in [0.2, 0.25) is 0 Å². The fraction of sp³-hybridized carbons (Fsp3) is 0.188. The number of carbonyl (C=O) groups is 1. The van der Waals surface area contributed by atoms with Gasteiger partial charge in [-0.2, -0.15) is 0 Å². The van der Waals surface area contributed by atoms with Gasteiger partial charge >= 0.3 is 0 Å². The quantitative estimate of drug-likeness (QED) is 0.626. The van der Waals surface area contributed by atoms with E-state index in [2.05, 4.69) is 5.32 Å². The van der Waals surface area contributed by atoms with E-state index in [1.165, 1.54) is 24.3 Å². The number of halogens is 2. The van der Waals surface area contributed by atoms with Crippen LogP contribution in [-0.2, 0) is 4.79 Å². The highest BCUT2D eigenvalue weighted by Crippen LogP contribution is 2.17. The maximum absolute atomic E-state index is 13.2. The minimum Gasteiger partial charge on any atom is -0.333 e. The summed E-state index contributed by atoms with van der Waals surface area (Å²) in [6.07, 6.45) is 0. The van der Waals surface area contributed by atoms with Crippen LogP contribution in [0.4, 0.5) is 20.2 Å². The third-order valence-corrected chi connectivity index (χ3v) is 3.47. The molecule has 1 amide bonds. The number of carbonyl (C=O) groups excluding carboxylic acids is 1. The average molecular weight is 336 g/mol. The van der Waals surface area contributed by atoms with Crippen molar-refractivity contribution in [1.82, 2.24) is 0 Å². The summed E-state index contributed by atoms with van der Waals surface area (Å²) in [4.78, 5) is 22.0. The molecule has 24 heavy (non-hydrogen) atoms. The summed E-state index contributed by atoms with van der Waals surface area (Å²) < 4.78 is 26.1. The van der Waals surface area contributed by atoms with Gasteiger partial charge in [-0.1, -0.05) is 6.07 Å². The number of nitro groups is 1. The third kappa shape index (κ3) is 4.56. The fourth-order valence-electron chi connectivity index (χ4n) is 2.12. The van der Waals surface area contributed by atoms with E-state index in [0.717, 1.165) is 12.1 Å². The third-order valence-electron chi connectivity index (χ3n) is 3.47. The Morgan fingerprint density at radius 3 is 2.67 bits per heavy atom. The van der Waals surface area contributed by atoms with Crippen molar-refractivity contribution in [3.63, 3.8) is 0 Å². The Balaban J connectivity index is 1.91. The standard InChI is InChI=1S/C16H15F2N3O3/c1-10(11-5-6-14(17)15(18)7-11)19-9-16(22)20-12-3-2-4-13(8-12)21(23)24/h2-8,10,19H,9H2,1H3,(H,20,22)/p+1/t10-/m1/s1. The lowest BCUT2D eigenvalue weighted by atomic mass is 10.1. The Kier molecular flexibility index (Phi) is 5.54. The molecule has 0 aliphatic carbocycles. The first-order chi connectivity index (χ1) is 11.4. The topological polar surface area (TPSA) is 88.8 Å². The highest BCUT2D eigenvalue weighted by atomic mass is 19.2. The number of quaternary nitrogens is 1. The predicted octanol–water partition coefficient (Wildman–Crippen LogP) is 2.14. The van der Waals surface area contributed by atoms with Crippen LogP contribution in [0.2, 0.25) is 0 Å². The second-order valence-electron chi connectivity index (χ2n) is 5.26. The molecule has 8 heteroatoms. The first-order valence-corrected chi connectivity index (χ1v) is 7.19. The molecule has 2 aromatic rings. The van der Waals surface area contributed by atoms with Crippen LogP contribution in [0.1, 0.15) is 18.5 Å². The molecule has 0 spiro atoms. The van der Waals surface area contributed by atoms with Crippen molar-refractivity contribution in [3.05, 3.63) is 69.8 Å². The lowest BCUT2D eigenvalue weighted by Crippen LogP contribution is -2.86. The first-order valence-electron chi connectivity index (χ1n) is 7.19. The Labute approximate surface area is 136 Å². The number of hydrogen-bond donors (Lipinski definition) is 2. The van der Waals surface area contributed by atoms with Crippen LogP contribution in [-0.4, -0.2) is 17.4 Å². The van der Waals surface area contributed by atoms with Crippen LogP contribution < -0.4 is 10.6 Å². The van der Waals surface area contributed by atoms with Crippen LogP contribution in [0.3, 0.4) is 0 Å². The number of nitrogens with one attached hydrogen (secondary N) is 1. The van der Waals surface area contributed by atoms with Crippen LogP contribution in [0.5, 0.6) is 0 Å². The number of hydrogen-bond acceptors (Lipinski definition) is 3. The van der Waals surface area contributed by atoms with Crippen LogP contribution in [0, 0.1) is 21.7 Å². The SMILES string of the molecule is C[C@@H]([NH2+]CC(=O)Nc1cccc([N+](=O)[O-])c1)c1ccc(F)c(F)c1. The maximum atomic E-state index is 13.2. The molecule has 2 aromatic carbocycles. The van der Waals surface area contributed by atoms with Gasteiger partial charge in [0.25, 0.3) is 11.6 Å². The van der Waals surface area contributed by atoms with Crippen molar-refractivity contribution in [2.75, 3.05) is 11.9 Å². The van der Waals surface area contributed by atoms with Gasteiger partial charge in [0, 0.05) is 23.4 Å². The summed E-state index contributed by atoms with van der Waals surface area (Å²) in [6.45, 7) is 1.79. The number of benzene rings is 2. The lowest BCUT2D eigenvalue weighted by Gasteiger charge is -2.11. The molecule has 6 nitrogen and oxygen atoms in total. The molecule has 126 valence electrons. The normalized spacial score (nSPS) is 11.8. The van der Waals surface area contributed by atoms with Gasteiger partial charge in [-0.3, -0.25) is 14.9 Å². The highest BCUT2D eigenvalue weighted by Gasteiger charge is 2.14. The molecule has 3 N–H and O–H groups in total. The summed E-state index contributed by atoms with van der Waals surface area (Å²) in [5.41, 5.74) is 0.757. The molecule has 0 heterocycles. The van der Waals surface area contributed by atoms with Gasteiger partial charge in [-0.25, -0.2) is 8.78 Å². The number of amides is 1. The number of non-ortho nitro benzene ring substituents is 1. The molecule has 0 unspecified atom stereocenters. The number of anilines is 1. The van der Waals surface area contributed by atoms with Crippen LogP contribution >= 0.6 is 0 Å². The Bertz CT molecular complexity index is 768. The number of nitrogens with zero attached hydrogens (tertiary/aromatic N) is 1. The number of nitro benzene ring substituents is 1. The average Bonchev–Trinajstić information content (AvgIpc) is 2.55. The minimum atomic E-state index is -0.936. The van der Waals surface area contributed by atoms with Crippen molar-refractivity contribution in [1.29, 1.82) is 0 Å². The second-order valence-corrected chi connectivity index (χ2v) is 5.26. The van der Waals surface area contributed by atoms with Crippen molar-refractivity contribution in [2.24, 2.45) is 0 Å². The molecule has 2 rings (SSSR count). The Morgan fingerprint density at radius 1 is 1.25 bits per heavy atom. The zero-order valence-corrected chi connectivity index (χ0v) is 12.8. The highest BCUT2D eigenvalue weighted by molar-refractivity contribution is 5.91. The van der Waals surface area contributed by atoms with Gasteiger partial charge in [-0.15, -0.1) is 0 Å². The molecule has 0 saturated carbocycles. The van der Waals surface area contributed by atoms with Crippen molar-refractivity contribution < 1.29 is 23.8 Å². The monoisotopic (exact) mass is 336 g/mol. The van der Waals surface area contributed by atoms with Gasteiger partial charge in [0.05, 0.1) is 4.92 Å². The zero-order valence-electron chi connectivity index (χ0n) is 12.8. The largest absolute Gasteiger partial charge is 0.333 e. The van der Waals surface area contributed by atoms with Crippen molar-refractivity contribution in [3.8, 4) is 0 Å². The van der Waals surface area contributed by atoms with Gasteiger partial charge in [0.15, 0.2) is 18.2 Å². The number of rotatable bonds is 6. The Hall–Kier alpha value is -2.87. The summed E-state index contributed by atoms with van der Waals surface area (Å²) in [5.74, 6) is -2.21. The molecule has 0 aromatic heterocycles. The van der Waals surface area contributed by atoms with Gasteiger partial charge in [0.1, 0.15) is 6.04 Å². The zero-order chi connectivity index (χ0) is 17.7. The summed E-state index contributed by atoms with van der Waals surface area (Å²) in [7, 11) is 0. The van der Waals surface area contributed by atoms with Gasteiger partial charge in [-0.05, 0) is 31.2 Å². The van der Waals surface area contributed by atoms with E-state index in [9.17, 15) is 23.7 Å². The molecular weight excluding hydrogens is 320 g/mol. The minimum absolute atomic E-state index is 0.0306. The van der Waals surface area contributed by atoms with E-state index in [0.29, 0.717) is 11.3 Å². The van der Waals surface area contributed by atoms with Gasteiger partial charge < -0.3 is 10.6 Å². The molecule has 0 fully saturated rings. The van der Waals surface area contributed by atoms with E-state index in [-0.39, 0.29) is 24.2 Å². The summed E-state index contributed by atoms with van der Waals surface area (Å²) in [6, 6.07) is 8.94. The van der Waals surface area contributed by atoms with Crippen molar-refractivity contribution in [2.45, 2.75) is 13.0 Å². The van der Waals surface area contributed by atoms with E-state index in [1.807, 2.05) is 0 Å². The van der Waals surface area contributed by atoms with E-state index in [1.54, 1.807) is 18.3 Å². The van der Waals surface area contributed by atoms with E-state index in [4.69, 9.17) is 0 Å². The van der Waals surface area contributed by atoms with Crippen LogP contribution in [0.25, 0.3) is 0 Å². The van der Waals surface area contributed by atoms with Crippen molar-refractivity contribution >= 4 is 17.3 Å². The predicted molar refractivity (Wildman–Crippen MR) is 83.3 cm³/mol. The lowest BCUT2D eigenvalue weighted by molar-refractivity contribution is -0.682. The molecule has 0 aliphatic heterocycles. The second kappa shape index (κ2) is 7.60. The van der Waals surface area contributed by atoms with E-state index >= 15 is 0 Å². The molecule has 1 atom stereocenters. The number of nitrogens with two attached hydrogens (primary N) is 1. The molecule has 0 bridgehead atoms. The molecule has 0 radical (unpaired) electrons. The Morgan fingerprint density at radius 2 is 2.00 bits per heavy atom. The van der Waals surface area contributed by atoms with Crippen LogP contribution in [0.15, 0.2) is 42.5 Å². The summed E-state index contributed by atoms with van der Waals surface area (Å²) >= 11 is 0. The molecule has 0 saturated heterocycles. The first kappa shape index (κ1) is 17.5. The molecular formula is C16H16F2N3O3+.